The molecule has 1 saturated heterocycles. The van der Waals surface area contributed by atoms with E-state index in [-0.39, 0.29) is 0 Å². The highest BCUT2D eigenvalue weighted by Gasteiger charge is 2.28. The van der Waals surface area contributed by atoms with Gasteiger partial charge in [-0.25, -0.2) is 0 Å². The number of hydrogen-bond acceptors (Lipinski definition) is 3. The molecule has 0 amide bonds. The van der Waals surface area contributed by atoms with Crippen LogP contribution in [0.25, 0.3) is 0 Å². The van der Waals surface area contributed by atoms with Crippen molar-refractivity contribution in [2.45, 2.75) is 39.2 Å². The van der Waals surface area contributed by atoms with Crippen LogP contribution < -0.4 is 5.32 Å². The van der Waals surface area contributed by atoms with Gasteiger partial charge in [-0.1, -0.05) is 13.8 Å². The van der Waals surface area contributed by atoms with Gasteiger partial charge in [-0.05, 0) is 36.8 Å². The molecule has 1 aromatic heterocycles. The minimum absolute atomic E-state index is 0.338. The van der Waals surface area contributed by atoms with Gasteiger partial charge in [-0.2, -0.15) is 0 Å². The summed E-state index contributed by atoms with van der Waals surface area (Å²) in [6.07, 6.45) is 5.10. The fourth-order valence-electron chi connectivity index (χ4n) is 2.35. The summed E-state index contributed by atoms with van der Waals surface area (Å²) in [5.74, 6) is 1.04. The summed E-state index contributed by atoms with van der Waals surface area (Å²) in [4.78, 5) is 0. The summed E-state index contributed by atoms with van der Waals surface area (Å²) in [6.45, 7) is 7.37. The predicted molar refractivity (Wildman–Crippen MR) is 67.9 cm³/mol. The van der Waals surface area contributed by atoms with Gasteiger partial charge in [0.15, 0.2) is 0 Å². The van der Waals surface area contributed by atoms with Crippen LogP contribution in [-0.4, -0.2) is 19.8 Å². The molecule has 2 rings (SSSR count). The summed E-state index contributed by atoms with van der Waals surface area (Å²) in [7, 11) is 0. The average molecular weight is 237 g/mol. The summed E-state index contributed by atoms with van der Waals surface area (Å²) in [5, 5.41) is 3.63. The maximum Gasteiger partial charge on any atom is 0.120 e. The van der Waals surface area contributed by atoms with E-state index in [1.165, 1.54) is 0 Å². The van der Waals surface area contributed by atoms with Gasteiger partial charge in [0.2, 0.25) is 0 Å². The third-order valence-electron chi connectivity index (χ3n) is 3.77. The Morgan fingerprint density at radius 2 is 2.18 bits per heavy atom. The van der Waals surface area contributed by atoms with E-state index in [1.807, 2.05) is 12.1 Å². The van der Waals surface area contributed by atoms with Crippen LogP contribution in [0.3, 0.4) is 0 Å². The monoisotopic (exact) mass is 237 g/mol. The Morgan fingerprint density at radius 1 is 1.41 bits per heavy atom. The standard InChI is InChI=1S/C14H23NO2/c1-3-12(13-5-4-8-17-13)15-11-14(2)6-9-16-10-7-14/h4-5,8,12,15H,3,6-7,9-11H2,1-2H3. The number of nitrogens with one attached hydrogen (secondary N) is 1. The zero-order valence-corrected chi connectivity index (χ0v) is 10.9. The van der Waals surface area contributed by atoms with Crippen molar-refractivity contribution in [2.24, 2.45) is 5.41 Å². The second-order valence-electron chi connectivity index (χ2n) is 5.28. The molecular formula is C14H23NO2. The molecule has 0 radical (unpaired) electrons. The largest absolute Gasteiger partial charge is 0.468 e. The molecule has 0 saturated carbocycles. The van der Waals surface area contributed by atoms with E-state index < -0.39 is 0 Å². The molecule has 0 aromatic carbocycles. The SMILES string of the molecule is CCC(NCC1(C)CCOCC1)c1ccco1. The summed E-state index contributed by atoms with van der Waals surface area (Å²) in [5.41, 5.74) is 0.373. The lowest BCUT2D eigenvalue weighted by molar-refractivity contribution is 0.0225. The van der Waals surface area contributed by atoms with E-state index in [4.69, 9.17) is 9.15 Å². The van der Waals surface area contributed by atoms with Crippen molar-refractivity contribution in [3.05, 3.63) is 24.2 Å². The van der Waals surface area contributed by atoms with Crippen LogP contribution in [0.2, 0.25) is 0 Å². The van der Waals surface area contributed by atoms with Gasteiger partial charge in [-0.3, -0.25) is 0 Å². The quantitative estimate of drug-likeness (QED) is 0.854. The second-order valence-corrected chi connectivity index (χ2v) is 5.28. The Kier molecular flexibility index (Phi) is 4.24. The van der Waals surface area contributed by atoms with E-state index in [2.05, 4.69) is 19.2 Å². The molecule has 1 aromatic rings. The van der Waals surface area contributed by atoms with Crippen LogP contribution in [0.1, 0.15) is 44.9 Å². The number of hydrogen-bond donors (Lipinski definition) is 1. The van der Waals surface area contributed by atoms with Crippen molar-refractivity contribution < 1.29 is 9.15 Å². The van der Waals surface area contributed by atoms with Crippen molar-refractivity contribution >= 4 is 0 Å². The van der Waals surface area contributed by atoms with Gasteiger partial charge in [0.05, 0.1) is 12.3 Å². The molecule has 1 fully saturated rings. The molecule has 1 aliphatic rings. The third-order valence-corrected chi connectivity index (χ3v) is 3.77. The smallest absolute Gasteiger partial charge is 0.120 e. The van der Waals surface area contributed by atoms with Crippen LogP contribution in [0.15, 0.2) is 22.8 Å². The molecule has 3 heteroatoms. The number of furan rings is 1. The van der Waals surface area contributed by atoms with Gasteiger partial charge in [0.25, 0.3) is 0 Å². The Balaban J connectivity index is 1.87. The molecule has 3 nitrogen and oxygen atoms in total. The summed E-state index contributed by atoms with van der Waals surface area (Å²) in [6, 6.07) is 4.34. The normalized spacial score (nSPS) is 21.3. The molecule has 0 spiro atoms. The highest BCUT2D eigenvalue weighted by Crippen LogP contribution is 2.30. The fourth-order valence-corrected chi connectivity index (χ4v) is 2.35. The zero-order valence-electron chi connectivity index (χ0n) is 10.9. The molecule has 1 aliphatic heterocycles. The third kappa shape index (κ3) is 3.33. The molecule has 0 aliphatic carbocycles. The number of ether oxygens (including phenoxy) is 1. The van der Waals surface area contributed by atoms with Crippen LogP contribution >= 0.6 is 0 Å². The van der Waals surface area contributed by atoms with Gasteiger partial charge >= 0.3 is 0 Å². The fraction of sp³-hybridized carbons (Fsp3) is 0.714. The lowest BCUT2D eigenvalue weighted by Gasteiger charge is -2.34. The minimum Gasteiger partial charge on any atom is -0.468 e. The average Bonchev–Trinajstić information content (AvgIpc) is 2.84. The maximum absolute atomic E-state index is 5.47. The number of rotatable bonds is 5. The molecule has 2 heterocycles. The van der Waals surface area contributed by atoms with Crippen molar-refractivity contribution in [3.8, 4) is 0 Å². The van der Waals surface area contributed by atoms with E-state index in [9.17, 15) is 0 Å². The first-order valence-electron chi connectivity index (χ1n) is 6.58. The lowest BCUT2D eigenvalue weighted by atomic mass is 9.82. The topological polar surface area (TPSA) is 34.4 Å². The van der Waals surface area contributed by atoms with E-state index >= 15 is 0 Å². The second kappa shape index (κ2) is 5.69. The van der Waals surface area contributed by atoms with Crippen LogP contribution in [0, 0.1) is 5.41 Å². The van der Waals surface area contributed by atoms with Crippen molar-refractivity contribution in [1.82, 2.24) is 5.32 Å². The minimum atomic E-state index is 0.338. The highest BCUT2D eigenvalue weighted by molar-refractivity contribution is 5.04. The predicted octanol–water partition coefficient (Wildman–Crippen LogP) is 3.14. The van der Waals surface area contributed by atoms with Crippen LogP contribution in [0.5, 0.6) is 0 Å². The molecule has 1 unspecified atom stereocenters. The van der Waals surface area contributed by atoms with Crippen LogP contribution in [-0.2, 0) is 4.74 Å². The summed E-state index contributed by atoms with van der Waals surface area (Å²) >= 11 is 0. The Bertz CT molecular complexity index is 315. The first-order chi connectivity index (χ1) is 8.23. The van der Waals surface area contributed by atoms with E-state index in [1.54, 1.807) is 6.26 Å². The van der Waals surface area contributed by atoms with Crippen molar-refractivity contribution in [1.29, 1.82) is 0 Å². The zero-order chi connectivity index (χ0) is 12.1. The highest BCUT2D eigenvalue weighted by atomic mass is 16.5. The lowest BCUT2D eigenvalue weighted by Crippen LogP contribution is -2.38. The van der Waals surface area contributed by atoms with Crippen LogP contribution in [0.4, 0.5) is 0 Å². The molecule has 1 atom stereocenters. The molecule has 0 bridgehead atoms. The molecule has 17 heavy (non-hydrogen) atoms. The van der Waals surface area contributed by atoms with Gasteiger partial charge in [0, 0.05) is 19.8 Å². The summed E-state index contributed by atoms with van der Waals surface area (Å²) < 4.78 is 10.9. The van der Waals surface area contributed by atoms with E-state index in [0.717, 1.165) is 44.8 Å². The van der Waals surface area contributed by atoms with Crippen molar-refractivity contribution in [2.75, 3.05) is 19.8 Å². The Morgan fingerprint density at radius 3 is 2.76 bits per heavy atom. The molecule has 96 valence electrons. The van der Waals surface area contributed by atoms with Gasteiger partial charge in [-0.15, -0.1) is 0 Å². The van der Waals surface area contributed by atoms with Crippen molar-refractivity contribution in [3.63, 3.8) is 0 Å². The first kappa shape index (κ1) is 12.7. The Labute approximate surface area is 104 Å². The first-order valence-corrected chi connectivity index (χ1v) is 6.58. The van der Waals surface area contributed by atoms with Gasteiger partial charge in [0.1, 0.15) is 5.76 Å². The van der Waals surface area contributed by atoms with Gasteiger partial charge < -0.3 is 14.5 Å². The van der Waals surface area contributed by atoms with E-state index in [0.29, 0.717) is 11.5 Å². The molecular weight excluding hydrogens is 214 g/mol. The molecule has 1 N–H and O–H groups in total. The maximum atomic E-state index is 5.47. The Hall–Kier alpha value is -0.800.